The van der Waals surface area contributed by atoms with E-state index >= 15 is 0 Å². The lowest BCUT2D eigenvalue weighted by atomic mass is 10.5. The van der Waals surface area contributed by atoms with Crippen LogP contribution in [0.4, 0.5) is 0 Å². The van der Waals surface area contributed by atoms with Crippen LogP contribution in [0.2, 0.25) is 0 Å². The molecule has 0 spiro atoms. The first kappa shape index (κ1) is 9.27. The zero-order valence-electron chi connectivity index (χ0n) is 8.04. The lowest BCUT2D eigenvalue weighted by molar-refractivity contribution is -0.141. The van der Waals surface area contributed by atoms with Crippen LogP contribution in [0.25, 0.3) is 5.65 Å². The van der Waals surface area contributed by atoms with Crippen molar-refractivity contribution in [3.8, 4) is 6.07 Å². The van der Waals surface area contributed by atoms with Gasteiger partial charge in [-0.15, -0.1) is 0 Å². The quantitative estimate of drug-likeness (QED) is 0.654. The van der Waals surface area contributed by atoms with E-state index < -0.39 is 0 Å². The molecular weight excluding hydrogens is 196 g/mol. The van der Waals surface area contributed by atoms with Crippen LogP contribution in [-0.2, 0) is 16.1 Å². The van der Waals surface area contributed by atoms with Crippen LogP contribution >= 0.6 is 0 Å². The summed E-state index contributed by atoms with van der Waals surface area (Å²) in [6, 6.07) is 3.55. The van der Waals surface area contributed by atoms with Crippen LogP contribution in [0, 0.1) is 11.3 Å². The highest BCUT2D eigenvalue weighted by Gasteiger charge is 2.08. The second-order valence-electron chi connectivity index (χ2n) is 2.95. The Morgan fingerprint density at radius 3 is 3.13 bits per heavy atom. The monoisotopic (exact) mass is 204 g/mol. The van der Waals surface area contributed by atoms with Gasteiger partial charge in [0.25, 0.3) is 0 Å². The molecule has 6 nitrogen and oxygen atoms in total. The highest BCUT2D eigenvalue weighted by Crippen LogP contribution is 2.07. The normalized spacial score (nSPS) is 10.1. The molecule has 2 aromatic heterocycles. The van der Waals surface area contributed by atoms with Gasteiger partial charge in [-0.25, -0.2) is 4.52 Å². The van der Waals surface area contributed by atoms with Crippen molar-refractivity contribution in [1.29, 1.82) is 5.26 Å². The smallest absolute Gasteiger partial charge is 0.325 e. The van der Waals surface area contributed by atoms with Gasteiger partial charge in [-0.2, -0.15) is 10.4 Å². The standard InChI is InChI=1S/C9H8N4O2/c1-15-9(14)6-12-2-3-13-8(12)4-7(5-10)11-13/h2-4H,6H2,1H3. The van der Waals surface area contributed by atoms with Crippen molar-refractivity contribution in [2.45, 2.75) is 6.54 Å². The lowest BCUT2D eigenvalue weighted by Crippen LogP contribution is -2.10. The van der Waals surface area contributed by atoms with E-state index in [1.807, 2.05) is 6.07 Å². The minimum atomic E-state index is -0.340. The summed E-state index contributed by atoms with van der Waals surface area (Å²) in [5, 5.41) is 12.6. The summed E-state index contributed by atoms with van der Waals surface area (Å²) in [7, 11) is 1.33. The predicted octanol–water partition coefficient (Wildman–Crippen LogP) is 0.180. The minimum absolute atomic E-state index is 0.115. The predicted molar refractivity (Wildman–Crippen MR) is 49.9 cm³/mol. The highest BCUT2D eigenvalue weighted by atomic mass is 16.5. The number of methoxy groups -OCH3 is 1. The number of hydrogen-bond donors (Lipinski definition) is 0. The van der Waals surface area contributed by atoms with Gasteiger partial charge in [-0.1, -0.05) is 0 Å². The number of hydrogen-bond acceptors (Lipinski definition) is 4. The van der Waals surface area contributed by atoms with Gasteiger partial charge in [0.05, 0.1) is 7.11 Å². The second kappa shape index (κ2) is 3.46. The molecule has 0 aliphatic carbocycles. The Kier molecular flexibility index (Phi) is 2.14. The van der Waals surface area contributed by atoms with Gasteiger partial charge in [-0.05, 0) is 0 Å². The molecule has 2 aromatic rings. The van der Waals surface area contributed by atoms with E-state index in [1.54, 1.807) is 27.5 Å². The summed E-state index contributed by atoms with van der Waals surface area (Å²) in [5.74, 6) is -0.340. The number of fused-ring (bicyclic) bond motifs is 1. The number of nitrogens with zero attached hydrogens (tertiary/aromatic N) is 4. The van der Waals surface area contributed by atoms with Gasteiger partial charge >= 0.3 is 5.97 Å². The van der Waals surface area contributed by atoms with Crippen molar-refractivity contribution >= 4 is 11.6 Å². The molecule has 0 saturated carbocycles. The molecule has 76 valence electrons. The van der Waals surface area contributed by atoms with Crippen molar-refractivity contribution in [3.63, 3.8) is 0 Å². The molecule has 0 aliphatic rings. The van der Waals surface area contributed by atoms with Crippen LogP contribution < -0.4 is 0 Å². The number of carbonyl (C=O) groups excluding carboxylic acids is 1. The molecular formula is C9H8N4O2. The maximum absolute atomic E-state index is 11.1. The van der Waals surface area contributed by atoms with Crippen LogP contribution in [0.15, 0.2) is 18.5 Å². The fourth-order valence-electron chi connectivity index (χ4n) is 1.32. The van der Waals surface area contributed by atoms with E-state index in [2.05, 4.69) is 9.84 Å². The first-order valence-corrected chi connectivity index (χ1v) is 4.26. The van der Waals surface area contributed by atoms with Gasteiger partial charge in [-0.3, -0.25) is 4.79 Å². The molecule has 0 N–H and O–H groups in total. The van der Waals surface area contributed by atoms with E-state index in [4.69, 9.17) is 5.26 Å². The van der Waals surface area contributed by atoms with E-state index in [0.29, 0.717) is 11.3 Å². The molecule has 2 heterocycles. The zero-order valence-corrected chi connectivity index (χ0v) is 8.04. The van der Waals surface area contributed by atoms with Gasteiger partial charge in [0, 0.05) is 18.5 Å². The number of aromatic nitrogens is 3. The van der Waals surface area contributed by atoms with Gasteiger partial charge < -0.3 is 9.30 Å². The van der Waals surface area contributed by atoms with Gasteiger partial charge in [0.1, 0.15) is 18.3 Å². The Morgan fingerprint density at radius 1 is 1.67 bits per heavy atom. The first-order valence-electron chi connectivity index (χ1n) is 4.26. The first-order chi connectivity index (χ1) is 7.24. The molecule has 0 aromatic carbocycles. The van der Waals surface area contributed by atoms with Crippen LogP contribution in [0.5, 0.6) is 0 Å². The number of carbonyl (C=O) groups is 1. The summed E-state index contributed by atoms with van der Waals surface area (Å²) in [6.07, 6.45) is 3.39. The number of rotatable bonds is 2. The molecule has 0 radical (unpaired) electrons. The number of esters is 1. The number of imidazole rings is 1. The molecule has 0 saturated heterocycles. The van der Waals surface area contributed by atoms with Crippen LogP contribution in [0.3, 0.4) is 0 Å². The van der Waals surface area contributed by atoms with E-state index in [0.717, 1.165) is 0 Å². The molecule has 0 atom stereocenters. The maximum Gasteiger partial charge on any atom is 0.325 e. The third kappa shape index (κ3) is 1.55. The third-order valence-corrected chi connectivity index (χ3v) is 2.04. The fraction of sp³-hybridized carbons (Fsp3) is 0.222. The van der Waals surface area contributed by atoms with E-state index in [1.165, 1.54) is 7.11 Å². The SMILES string of the molecule is COC(=O)Cn1ccn2nc(C#N)cc12. The fourth-order valence-corrected chi connectivity index (χ4v) is 1.32. The lowest BCUT2D eigenvalue weighted by Gasteiger charge is -2.00. The van der Waals surface area contributed by atoms with Crippen molar-refractivity contribution in [1.82, 2.24) is 14.2 Å². The molecule has 15 heavy (non-hydrogen) atoms. The van der Waals surface area contributed by atoms with E-state index in [-0.39, 0.29) is 12.5 Å². The Labute approximate surface area is 85.3 Å². The molecule has 0 fully saturated rings. The van der Waals surface area contributed by atoms with Gasteiger partial charge in [0.2, 0.25) is 0 Å². The molecule has 6 heteroatoms. The van der Waals surface area contributed by atoms with Crippen LogP contribution in [0.1, 0.15) is 5.69 Å². The topological polar surface area (TPSA) is 72.3 Å². The van der Waals surface area contributed by atoms with Crippen molar-refractivity contribution in [3.05, 3.63) is 24.2 Å². The zero-order chi connectivity index (χ0) is 10.8. The Bertz CT molecular complexity index is 546. The van der Waals surface area contributed by atoms with Crippen LogP contribution in [-0.4, -0.2) is 27.3 Å². The van der Waals surface area contributed by atoms with Gasteiger partial charge in [0.15, 0.2) is 5.69 Å². The highest BCUT2D eigenvalue weighted by molar-refractivity contribution is 5.70. The van der Waals surface area contributed by atoms with Crippen molar-refractivity contribution in [2.75, 3.05) is 7.11 Å². The average Bonchev–Trinajstić information content (AvgIpc) is 2.79. The summed E-state index contributed by atoms with van der Waals surface area (Å²) in [4.78, 5) is 11.1. The Hall–Kier alpha value is -2.29. The summed E-state index contributed by atoms with van der Waals surface area (Å²) in [6.45, 7) is 0.115. The summed E-state index contributed by atoms with van der Waals surface area (Å²) >= 11 is 0. The summed E-state index contributed by atoms with van der Waals surface area (Å²) in [5.41, 5.74) is 1.01. The summed E-state index contributed by atoms with van der Waals surface area (Å²) < 4.78 is 7.76. The Balaban J connectivity index is 2.40. The Morgan fingerprint density at radius 2 is 2.47 bits per heavy atom. The van der Waals surface area contributed by atoms with Crippen molar-refractivity contribution in [2.24, 2.45) is 0 Å². The van der Waals surface area contributed by atoms with Crippen molar-refractivity contribution < 1.29 is 9.53 Å². The molecule has 0 amide bonds. The number of ether oxygens (including phenoxy) is 1. The average molecular weight is 204 g/mol. The minimum Gasteiger partial charge on any atom is -0.468 e. The molecule has 2 rings (SSSR count). The maximum atomic E-state index is 11.1. The molecule has 0 bridgehead atoms. The second-order valence-corrected chi connectivity index (χ2v) is 2.95. The molecule has 0 unspecified atom stereocenters. The molecule has 0 aliphatic heterocycles. The largest absolute Gasteiger partial charge is 0.468 e. The number of nitriles is 1. The van der Waals surface area contributed by atoms with E-state index in [9.17, 15) is 4.79 Å². The third-order valence-electron chi connectivity index (χ3n) is 2.04.